The minimum Gasteiger partial charge on any atom is -0.0776 e. The van der Waals surface area contributed by atoms with Crippen LogP contribution in [0.1, 0.15) is 39.0 Å². The molecule has 12 rings (SSSR count). The Labute approximate surface area is 152 Å². The zero-order valence-electron chi connectivity index (χ0n) is 13.8. The van der Waals surface area contributed by atoms with Crippen LogP contribution in [0.2, 0.25) is 0 Å². The highest BCUT2D eigenvalue weighted by atomic mass is 127. The SMILES string of the molecule is CCCCC12C3C4CC(C31)C1C4C12C12C3C4CC(C5C4C51I)C32. The molecule has 0 aromatic rings. The van der Waals surface area contributed by atoms with E-state index in [2.05, 4.69) is 29.5 Å². The number of hydrogen-bond acceptors (Lipinski definition) is 0. The molecule has 4 bridgehead atoms. The van der Waals surface area contributed by atoms with Gasteiger partial charge >= 0.3 is 0 Å². The lowest BCUT2D eigenvalue weighted by atomic mass is 9.67. The Morgan fingerprint density at radius 1 is 0.739 bits per heavy atom. The predicted octanol–water partition coefficient (Wildman–Crippen LogP) is 4.62. The van der Waals surface area contributed by atoms with Crippen LogP contribution in [0.3, 0.4) is 0 Å². The Morgan fingerprint density at radius 3 is 1.74 bits per heavy atom. The van der Waals surface area contributed by atoms with Crippen LogP contribution in [0.5, 0.6) is 0 Å². The van der Waals surface area contributed by atoms with Gasteiger partial charge in [-0.2, -0.15) is 0 Å². The van der Waals surface area contributed by atoms with Crippen molar-refractivity contribution in [1.82, 2.24) is 0 Å². The quantitative estimate of drug-likeness (QED) is 0.464. The molecule has 23 heavy (non-hydrogen) atoms. The van der Waals surface area contributed by atoms with Gasteiger partial charge in [0.05, 0.1) is 0 Å². The van der Waals surface area contributed by atoms with Gasteiger partial charge in [0.25, 0.3) is 0 Å². The molecule has 0 radical (unpaired) electrons. The molecule has 0 N–H and O–H groups in total. The standard InChI is InChI=1S/C22H25I/c1-2-3-4-19-11-7-5-8(12(11)19)14-13(7)20(14,19)21-15-9-6-10(16(15)21)18-17(9)22(18,21)23/h7-18H,2-6H2,1H3. The summed E-state index contributed by atoms with van der Waals surface area (Å²) in [5, 5.41) is 0. The lowest BCUT2D eigenvalue weighted by molar-refractivity contribution is 0.112. The van der Waals surface area contributed by atoms with Gasteiger partial charge in [0.2, 0.25) is 0 Å². The van der Waals surface area contributed by atoms with Gasteiger partial charge in [-0.25, -0.2) is 0 Å². The molecule has 12 fully saturated rings. The molecule has 12 saturated carbocycles. The average molecular weight is 416 g/mol. The van der Waals surface area contributed by atoms with Crippen LogP contribution >= 0.6 is 22.6 Å². The van der Waals surface area contributed by atoms with Crippen molar-refractivity contribution in [3.05, 3.63) is 0 Å². The zero-order valence-corrected chi connectivity index (χ0v) is 16.0. The molecule has 0 aromatic heterocycles. The van der Waals surface area contributed by atoms with Gasteiger partial charge in [0.1, 0.15) is 0 Å². The first kappa shape index (κ1) is 11.4. The summed E-state index contributed by atoms with van der Waals surface area (Å²) in [4.78, 5) is 0. The second-order valence-corrected chi connectivity index (χ2v) is 13.8. The van der Waals surface area contributed by atoms with Crippen LogP contribution in [-0.4, -0.2) is 3.42 Å². The summed E-state index contributed by atoms with van der Waals surface area (Å²) >= 11 is 3.12. The molecular formula is C22H25I. The highest BCUT2D eigenvalue weighted by Gasteiger charge is 3.16. The molecule has 12 unspecified atom stereocenters. The highest BCUT2D eigenvalue weighted by molar-refractivity contribution is 14.1. The van der Waals surface area contributed by atoms with E-state index in [0.717, 1.165) is 19.7 Å². The minimum absolute atomic E-state index is 0.874. The fourth-order valence-electron chi connectivity index (χ4n) is 14.4. The minimum atomic E-state index is 0.874. The van der Waals surface area contributed by atoms with Gasteiger partial charge < -0.3 is 0 Å². The summed E-state index contributed by atoms with van der Waals surface area (Å²) < 4.78 is 0.874. The smallest absolute Gasteiger partial charge is 0.0358 e. The Hall–Kier alpha value is 0.730. The summed E-state index contributed by atoms with van der Waals surface area (Å²) in [7, 11) is 0. The molecule has 1 heteroatoms. The van der Waals surface area contributed by atoms with E-state index in [-0.39, 0.29) is 0 Å². The third-order valence-electron chi connectivity index (χ3n) is 13.2. The molecule has 0 nitrogen and oxygen atoms in total. The Kier molecular flexibility index (Phi) is 1.24. The van der Waals surface area contributed by atoms with Gasteiger partial charge in [0, 0.05) is 3.42 Å². The van der Waals surface area contributed by atoms with Crippen molar-refractivity contribution in [2.45, 2.75) is 42.4 Å². The summed E-state index contributed by atoms with van der Waals surface area (Å²) in [6.07, 6.45) is 8.10. The van der Waals surface area contributed by atoms with E-state index in [9.17, 15) is 0 Å². The summed E-state index contributed by atoms with van der Waals surface area (Å²) in [5.74, 6) is 15.2. The van der Waals surface area contributed by atoms with E-state index in [1.54, 1.807) is 25.7 Å². The summed E-state index contributed by atoms with van der Waals surface area (Å²) in [5.41, 5.74) is 2.89. The van der Waals surface area contributed by atoms with E-state index in [1.165, 1.54) is 77.4 Å². The zero-order chi connectivity index (χ0) is 14.5. The molecule has 0 aliphatic heterocycles. The monoisotopic (exact) mass is 416 g/mol. The number of halogens is 1. The lowest BCUT2D eigenvalue weighted by Crippen LogP contribution is -2.38. The lowest BCUT2D eigenvalue weighted by Gasteiger charge is -2.38. The Morgan fingerprint density at radius 2 is 1.26 bits per heavy atom. The third kappa shape index (κ3) is 0.589. The summed E-state index contributed by atoms with van der Waals surface area (Å²) in [6, 6.07) is 0. The van der Waals surface area contributed by atoms with Crippen LogP contribution in [0.4, 0.5) is 0 Å². The molecule has 0 heterocycles. The maximum Gasteiger partial charge on any atom is 0.0358 e. The van der Waals surface area contributed by atoms with Gasteiger partial charge in [-0.1, -0.05) is 42.4 Å². The van der Waals surface area contributed by atoms with E-state index in [4.69, 9.17) is 0 Å². The second-order valence-electron chi connectivity index (χ2n) is 12.0. The first-order valence-corrected chi connectivity index (χ1v) is 12.0. The maximum absolute atomic E-state index is 3.12. The molecule has 120 valence electrons. The molecular weight excluding hydrogens is 391 g/mol. The van der Waals surface area contributed by atoms with E-state index < -0.39 is 0 Å². The topological polar surface area (TPSA) is 0 Å². The molecule has 0 spiro atoms. The predicted molar refractivity (Wildman–Crippen MR) is 94.7 cm³/mol. The Bertz CT molecular complexity index is 733. The molecule has 0 amide bonds. The molecule has 0 saturated heterocycles. The van der Waals surface area contributed by atoms with Crippen LogP contribution < -0.4 is 0 Å². The molecule has 0 aromatic carbocycles. The fraction of sp³-hybridized carbons (Fsp3) is 1.00. The van der Waals surface area contributed by atoms with E-state index >= 15 is 0 Å². The Balaban J connectivity index is 1.26. The van der Waals surface area contributed by atoms with Crippen LogP contribution in [-0.2, 0) is 0 Å². The molecule has 12 aliphatic rings. The molecule has 12 atom stereocenters. The van der Waals surface area contributed by atoms with Gasteiger partial charge in [-0.15, -0.1) is 0 Å². The van der Waals surface area contributed by atoms with Crippen LogP contribution in [0.15, 0.2) is 0 Å². The van der Waals surface area contributed by atoms with Gasteiger partial charge in [0.15, 0.2) is 0 Å². The van der Waals surface area contributed by atoms with Crippen molar-refractivity contribution in [3.8, 4) is 0 Å². The fourth-order valence-corrected chi connectivity index (χ4v) is 17.1. The normalized spacial score (nSPS) is 93.7. The van der Waals surface area contributed by atoms with E-state index in [0.29, 0.717) is 0 Å². The number of rotatable bonds is 4. The van der Waals surface area contributed by atoms with Gasteiger partial charge in [-0.05, 0) is 107 Å². The first-order valence-electron chi connectivity index (χ1n) is 10.9. The maximum atomic E-state index is 3.12. The van der Waals surface area contributed by atoms with Crippen LogP contribution in [0, 0.1) is 87.3 Å². The number of alkyl halides is 1. The number of unbranched alkanes of at least 4 members (excludes halogenated alkanes) is 1. The first-order chi connectivity index (χ1) is 11.3. The van der Waals surface area contributed by atoms with Crippen molar-refractivity contribution in [2.24, 2.45) is 87.3 Å². The van der Waals surface area contributed by atoms with Crippen molar-refractivity contribution >= 4 is 22.6 Å². The van der Waals surface area contributed by atoms with Gasteiger partial charge in [-0.3, -0.25) is 0 Å². The second kappa shape index (κ2) is 2.48. The van der Waals surface area contributed by atoms with E-state index in [1.807, 2.05) is 0 Å². The average Bonchev–Trinajstić information content (AvgIpc) is 3.46. The van der Waals surface area contributed by atoms with Crippen molar-refractivity contribution < 1.29 is 0 Å². The third-order valence-corrected chi connectivity index (χ3v) is 15.5. The largest absolute Gasteiger partial charge is 0.0776 e. The number of hydrogen-bond donors (Lipinski definition) is 0. The molecule has 12 aliphatic carbocycles. The van der Waals surface area contributed by atoms with Crippen molar-refractivity contribution in [3.63, 3.8) is 0 Å². The summed E-state index contributed by atoms with van der Waals surface area (Å²) in [6.45, 7) is 2.45. The van der Waals surface area contributed by atoms with Crippen molar-refractivity contribution in [2.75, 3.05) is 0 Å². The van der Waals surface area contributed by atoms with Crippen LogP contribution in [0.25, 0.3) is 0 Å². The van der Waals surface area contributed by atoms with Crippen molar-refractivity contribution in [1.29, 1.82) is 0 Å². The highest BCUT2D eigenvalue weighted by Crippen LogP contribution is 3.18.